The predicted octanol–water partition coefficient (Wildman–Crippen LogP) is 0.975. The maximum atomic E-state index is 13.0. The van der Waals surface area contributed by atoms with E-state index in [1.165, 1.54) is 0 Å². The van der Waals surface area contributed by atoms with Crippen LogP contribution in [0.5, 0.6) is 0 Å². The summed E-state index contributed by atoms with van der Waals surface area (Å²) >= 11 is 0. The predicted molar refractivity (Wildman–Crippen MR) is 58.0 cm³/mol. The summed E-state index contributed by atoms with van der Waals surface area (Å²) in [4.78, 5) is 22.5. The molecular formula is C12H11F2NO3. The summed E-state index contributed by atoms with van der Waals surface area (Å²) in [6.07, 6.45) is 1.15. The van der Waals surface area contributed by atoms with Gasteiger partial charge in [0.1, 0.15) is 6.54 Å². The minimum Gasteiger partial charge on any atom is -0.480 e. The summed E-state index contributed by atoms with van der Waals surface area (Å²) < 4.78 is 26.1. The summed E-state index contributed by atoms with van der Waals surface area (Å²) in [6.45, 7) is -0.410. The van der Waals surface area contributed by atoms with Crippen molar-refractivity contribution < 1.29 is 23.5 Å². The summed E-state index contributed by atoms with van der Waals surface area (Å²) in [7, 11) is 0. The molecule has 1 aliphatic carbocycles. The van der Waals surface area contributed by atoms with Gasteiger partial charge in [0, 0.05) is 6.04 Å². The van der Waals surface area contributed by atoms with Gasteiger partial charge in [-0.25, -0.2) is 8.78 Å². The second-order valence-corrected chi connectivity index (χ2v) is 4.27. The van der Waals surface area contributed by atoms with Crippen LogP contribution in [0, 0.1) is 11.6 Å². The highest BCUT2D eigenvalue weighted by molar-refractivity contribution is 5.72. The van der Waals surface area contributed by atoms with E-state index in [9.17, 15) is 18.4 Å². The normalized spacial score (nSPS) is 14.3. The standard InChI is InChI=1S/C12H11F2NO3/c13-10-3-7-1-9(2-8(7)4-11(10)14)15(6-16)5-12(17)18/h3-4,6,9H,1-2,5H2,(H,17,18). The third-order valence-corrected chi connectivity index (χ3v) is 3.08. The summed E-state index contributed by atoms with van der Waals surface area (Å²) in [6, 6.07) is 1.86. The second kappa shape index (κ2) is 4.72. The van der Waals surface area contributed by atoms with Gasteiger partial charge in [-0.1, -0.05) is 0 Å². The molecule has 1 N–H and O–H groups in total. The number of carboxylic acids is 1. The van der Waals surface area contributed by atoms with E-state index in [1.54, 1.807) is 0 Å². The van der Waals surface area contributed by atoms with Crippen molar-refractivity contribution in [3.8, 4) is 0 Å². The number of fused-ring (bicyclic) bond motifs is 1. The molecule has 0 bridgehead atoms. The Morgan fingerprint density at radius 1 is 1.33 bits per heavy atom. The van der Waals surface area contributed by atoms with Gasteiger partial charge in [-0.15, -0.1) is 0 Å². The van der Waals surface area contributed by atoms with Crippen molar-refractivity contribution in [2.24, 2.45) is 0 Å². The van der Waals surface area contributed by atoms with E-state index in [0.29, 0.717) is 30.4 Å². The molecule has 0 aliphatic heterocycles. The lowest BCUT2D eigenvalue weighted by atomic mass is 10.1. The Labute approximate surface area is 102 Å². The number of nitrogens with zero attached hydrogens (tertiary/aromatic N) is 1. The van der Waals surface area contributed by atoms with Gasteiger partial charge < -0.3 is 10.0 Å². The number of hydrogen-bond donors (Lipinski definition) is 1. The number of hydrogen-bond acceptors (Lipinski definition) is 2. The molecule has 0 fully saturated rings. The number of carboxylic acid groups (broad SMARTS) is 1. The smallest absolute Gasteiger partial charge is 0.323 e. The van der Waals surface area contributed by atoms with Crippen LogP contribution in [0.25, 0.3) is 0 Å². The van der Waals surface area contributed by atoms with Crippen molar-refractivity contribution in [2.75, 3.05) is 6.54 Å². The van der Waals surface area contributed by atoms with Gasteiger partial charge in [0.2, 0.25) is 6.41 Å². The lowest BCUT2D eigenvalue weighted by Crippen LogP contribution is -2.38. The first-order valence-corrected chi connectivity index (χ1v) is 5.41. The van der Waals surface area contributed by atoms with Crippen molar-refractivity contribution in [1.29, 1.82) is 0 Å². The molecular weight excluding hydrogens is 244 g/mol. The number of halogens is 2. The van der Waals surface area contributed by atoms with Crippen LogP contribution in [0.4, 0.5) is 8.78 Å². The Hall–Kier alpha value is -1.98. The Bertz CT molecular complexity index is 473. The fourth-order valence-corrected chi connectivity index (χ4v) is 2.23. The van der Waals surface area contributed by atoms with Gasteiger partial charge in [-0.05, 0) is 36.1 Å². The van der Waals surface area contributed by atoms with Crippen LogP contribution in [-0.4, -0.2) is 35.0 Å². The topological polar surface area (TPSA) is 57.6 Å². The Morgan fingerprint density at radius 2 is 1.83 bits per heavy atom. The van der Waals surface area contributed by atoms with Crippen LogP contribution >= 0.6 is 0 Å². The van der Waals surface area contributed by atoms with Gasteiger partial charge in [0.25, 0.3) is 0 Å². The van der Waals surface area contributed by atoms with E-state index >= 15 is 0 Å². The van der Waals surface area contributed by atoms with E-state index in [2.05, 4.69) is 0 Å². The van der Waals surface area contributed by atoms with Crippen LogP contribution in [0.15, 0.2) is 12.1 Å². The second-order valence-electron chi connectivity index (χ2n) is 4.27. The minimum absolute atomic E-state index is 0.346. The molecule has 1 aromatic rings. The summed E-state index contributed by atoms with van der Waals surface area (Å²) in [5.41, 5.74) is 1.24. The van der Waals surface area contributed by atoms with Crippen LogP contribution < -0.4 is 0 Å². The van der Waals surface area contributed by atoms with Crippen molar-refractivity contribution in [1.82, 2.24) is 4.90 Å². The zero-order valence-electron chi connectivity index (χ0n) is 9.40. The van der Waals surface area contributed by atoms with Gasteiger partial charge in [0.05, 0.1) is 0 Å². The fraction of sp³-hybridized carbons (Fsp3) is 0.333. The molecule has 2 rings (SSSR count). The average Bonchev–Trinajstić information content (AvgIpc) is 2.69. The number of rotatable bonds is 4. The molecule has 0 aromatic heterocycles. The van der Waals surface area contributed by atoms with Crippen LogP contribution in [0.3, 0.4) is 0 Å². The van der Waals surface area contributed by atoms with Crippen molar-refractivity contribution >= 4 is 12.4 Å². The minimum atomic E-state index is -1.12. The Balaban J connectivity index is 2.18. The van der Waals surface area contributed by atoms with E-state index in [1.807, 2.05) is 0 Å². The Kier molecular flexibility index (Phi) is 3.27. The number of aliphatic carboxylic acids is 1. The zero-order valence-corrected chi connectivity index (χ0v) is 9.40. The molecule has 18 heavy (non-hydrogen) atoms. The molecule has 6 heteroatoms. The molecule has 0 spiro atoms. The van der Waals surface area contributed by atoms with Crippen molar-refractivity contribution in [2.45, 2.75) is 18.9 Å². The van der Waals surface area contributed by atoms with Crippen LogP contribution in [0.2, 0.25) is 0 Å². The van der Waals surface area contributed by atoms with E-state index in [4.69, 9.17) is 5.11 Å². The van der Waals surface area contributed by atoms with Crippen molar-refractivity contribution in [3.63, 3.8) is 0 Å². The van der Waals surface area contributed by atoms with E-state index < -0.39 is 24.1 Å². The monoisotopic (exact) mass is 255 g/mol. The molecule has 96 valence electrons. The maximum absolute atomic E-state index is 13.0. The molecule has 4 nitrogen and oxygen atoms in total. The molecule has 1 aromatic carbocycles. The SMILES string of the molecule is O=CN(CC(=O)O)C1Cc2cc(F)c(F)cc2C1. The first-order valence-electron chi connectivity index (χ1n) is 5.41. The van der Waals surface area contributed by atoms with Crippen LogP contribution in [0.1, 0.15) is 11.1 Å². The van der Waals surface area contributed by atoms with Gasteiger partial charge in [0.15, 0.2) is 11.6 Å². The number of benzene rings is 1. The third-order valence-electron chi connectivity index (χ3n) is 3.08. The number of amides is 1. The molecule has 0 saturated carbocycles. The molecule has 1 amide bonds. The Morgan fingerprint density at radius 3 is 2.22 bits per heavy atom. The summed E-state index contributed by atoms with van der Waals surface area (Å²) in [5.74, 6) is -2.97. The molecule has 0 unspecified atom stereocenters. The van der Waals surface area contributed by atoms with Crippen molar-refractivity contribution in [3.05, 3.63) is 34.9 Å². The summed E-state index contributed by atoms with van der Waals surface area (Å²) in [5, 5.41) is 8.66. The highest BCUT2D eigenvalue weighted by atomic mass is 19.2. The number of carbonyl (C=O) groups is 2. The first-order chi connectivity index (χ1) is 8.51. The lowest BCUT2D eigenvalue weighted by Gasteiger charge is -2.22. The molecule has 1 aliphatic rings. The van der Waals surface area contributed by atoms with Gasteiger partial charge >= 0.3 is 5.97 Å². The van der Waals surface area contributed by atoms with Gasteiger partial charge in [-0.2, -0.15) is 0 Å². The molecule has 0 radical (unpaired) electrons. The van der Waals surface area contributed by atoms with E-state index in [-0.39, 0.29) is 6.04 Å². The van der Waals surface area contributed by atoms with Crippen LogP contribution in [-0.2, 0) is 22.4 Å². The highest BCUT2D eigenvalue weighted by Gasteiger charge is 2.28. The molecule has 0 heterocycles. The quantitative estimate of drug-likeness (QED) is 0.816. The molecule has 0 saturated heterocycles. The number of carbonyl (C=O) groups excluding carboxylic acids is 1. The highest BCUT2D eigenvalue weighted by Crippen LogP contribution is 2.27. The van der Waals surface area contributed by atoms with Gasteiger partial charge in [-0.3, -0.25) is 9.59 Å². The lowest BCUT2D eigenvalue weighted by molar-refractivity contribution is -0.141. The fourth-order valence-electron chi connectivity index (χ4n) is 2.23. The third kappa shape index (κ3) is 2.32. The first kappa shape index (κ1) is 12.5. The largest absolute Gasteiger partial charge is 0.480 e. The maximum Gasteiger partial charge on any atom is 0.323 e. The molecule has 0 atom stereocenters. The average molecular weight is 255 g/mol. The zero-order chi connectivity index (χ0) is 13.3. The van der Waals surface area contributed by atoms with E-state index in [0.717, 1.165) is 17.0 Å².